The highest BCUT2D eigenvalue weighted by Crippen LogP contribution is 2.30. The van der Waals surface area contributed by atoms with Gasteiger partial charge in [0.1, 0.15) is 5.75 Å². The molecule has 1 atom stereocenters. The van der Waals surface area contributed by atoms with Gasteiger partial charge >= 0.3 is 11.8 Å². The maximum Gasteiger partial charge on any atom is 0.329 e. The second-order valence-corrected chi connectivity index (χ2v) is 7.72. The van der Waals surface area contributed by atoms with Crippen molar-refractivity contribution in [2.45, 2.75) is 25.9 Å². The third-order valence-electron chi connectivity index (χ3n) is 5.12. The van der Waals surface area contributed by atoms with Gasteiger partial charge in [-0.2, -0.15) is 5.10 Å². The van der Waals surface area contributed by atoms with Crippen molar-refractivity contribution < 1.29 is 33.3 Å². The van der Waals surface area contributed by atoms with Crippen LogP contribution in [0.15, 0.2) is 47.6 Å². The van der Waals surface area contributed by atoms with Crippen molar-refractivity contribution >= 4 is 29.6 Å². The van der Waals surface area contributed by atoms with Gasteiger partial charge in [-0.3, -0.25) is 14.4 Å². The summed E-state index contributed by atoms with van der Waals surface area (Å²) in [4.78, 5) is 36.3. The summed E-state index contributed by atoms with van der Waals surface area (Å²) in [6, 6.07) is 12.0. The molecule has 3 amide bonds. The van der Waals surface area contributed by atoms with Crippen LogP contribution in [-0.2, 0) is 19.1 Å². The number of ether oxygens (including phenoxy) is 4. The highest BCUT2D eigenvalue weighted by atomic mass is 16.5. The van der Waals surface area contributed by atoms with E-state index in [9.17, 15) is 14.4 Å². The average Bonchev–Trinajstić information content (AvgIpc) is 3.41. The van der Waals surface area contributed by atoms with Crippen molar-refractivity contribution in [2.24, 2.45) is 5.10 Å². The molecule has 1 fully saturated rings. The normalized spacial score (nSPS) is 14.8. The maximum atomic E-state index is 12.4. The molecule has 0 saturated carbocycles. The number of methoxy groups -OCH3 is 1. The predicted octanol–water partition coefficient (Wildman–Crippen LogP) is 1.86. The molecule has 1 saturated heterocycles. The molecule has 0 radical (unpaired) electrons. The fraction of sp³-hybridized carbons (Fsp3) is 0.360. The van der Waals surface area contributed by atoms with E-state index in [0.717, 1.165) is 12.8 Å². The highest BCUT2D eigenvalue weighted by Gasteiger charge is 2.19. The molecular weight excluding hydrogens is 468 g/mol. The molecule has 1 aliphatic heterocycles. The summed E-state index contributed by atoms with van der Waals surface area (Å²) in [7, 11) is 1.46. The van der Waals surface area contributed by atoms with E-state index in [1.54, 1.807) is 42.5 Å². The minimum Gasteiger partial charge on any atom is -0.494 e. The summed E-state index contributed by atoms with van der Waals surface area (Å²) in [6.45, 7) is 3.07. The van der Waals surface area contributed by atoms with Crippen molar-refractivity contribution in [3.63, 3.8) is 0 Å². The first kappa shape index (κ1) is 26.5. The van der Waals surface area contributed by atoms with Crippen LogP contribution in [0.2, 0.25) is 0 Å². The molecule has 0 aromatic heterocycles. The van der Waals surface area contributed by atoms with Crippen LogP contribution >= 0.6 is 0 Å². The van der Waals surface area contributed by atoms with Crippen LogP contribution in [0.3, 0.4) is 0 Å². The second-order valence-electron chi connectivity index (χ2n) is 7.72. The molecule has 11 nitrogen and oxygen atoms in total. The lowest BCUT2D eigenvalue weighted by Crippen LogP contribution is -2.41. The number of carbonyl (C=O) groups is 3. The molecule has 3 rings (SSSR count). The maximum absolute atomic E-state index is 12.4. The number of carbonyl (C=O) groups excluding carboxylic acids is 3. The Morgan fingerprint density at radius 1 is 1.11 bits per heavy atom. The fourth-order valence-corrected chi connectivity index (χ4v) is 3.39. The fourth-order valence-electron chi connectivity index (χ4n) is 3.39. The van der Waals surface area contributed by atoms with E-state index in [1.165, 1.54) is 13.3 Å². The van der Waals surface area contributed by atoms with Crippen molar-refractivity contribution in [1.29, 1.82) is 0 Å². The van der Waals surface area contributed by atoms with Gasteiger partial charge in [0.05, 0.1) is 26.0 Å². The van der Waals surface area contributed by atoms with E-state index in [0.29, 0.717) is 36.0 Å². The number of nitrogens with zero attached hydrogens (tertiary/aromatic N) is 1. The van der Waals surface area contributed by atoms with Crippen molar-refractivity contribution in [3.8, 4) is 17.2 Å². The average molecular weight is 499 g/mol. The van der Waals surface area contributed by atoms with Gasteiger partial charge in [-0.15, -0.1) is 0 Å². The first-order valence-electron chi connectivity index (χ1n) is 11.6. The zero-order valence-electron chi connectivity index (χ0n) is 20.2. The van der Waals surface area contributed by atoms with Crippen LogP contribution in [0.5, 0.6) is 17.2 Å². The van der Waals surface area contributed by atoms with E-state index in [2.05, 4.69) is 21.2 Å². The summed E-state index contributed by atoms with van der Waals surface area (Å²) in [5.74, 6) is -0.780. The standard InChI is InChI=1S/C25H30N4O7/c1-3-34-19-11-9-18(10-12-19)28-22(30)16-36-23-17(6-4-8-21(23)33-2)14-27-29-25(32)24(31)26-15-20-7-5-13-35-20/h4,6,8-12,14,20H,3,5,7,13,15-16H2,1-2H3,(H,26,31)(H,28,30)(H,29,32)/b27-14-/t20-/m1/s1. The van der Waals surface area contributed by atoms with Crippen LogP contribution in [0.4, 0.5) is 5.69 Å². The molecule has 11 heteroatoms. The van der Waals surface area contributed by atoms with Gasteiger partial charge < -0.3 is 29.6 Å². The minimum absolute atomic E-state index is 0.0756. The Morgan fingerprint density at radius 3 is 2.61 bits per heavy atom. The Balaban J connectivity index is 1.54. The molecule has 0 unspecified atom stereocenters. The zero-order chi connectivity index (χ0) is 25.8. The Bertz CT molecular complexity index is 1070. The summed E-state index contributed by atoms with van der Waals surface area (Å²) in [5.41, 5.74) is 3.20. The van der Waals surface area contributed by atoms with Crippen LogP contribution < -0.4 is 30.3 Å². The zero-order valence-corrected chi connectivity index (χ0v) is 20.2. The molecule has 3 N–H and O–H groups in total. The van der Waals surface area contributed by atoms with E-state index in [1.807, 2.05) is 6.92 Å². The molecule has 192 valence electrons. The number of amides is 3. The van der Waals surface area contributed by atoms with E-state index < -0.39 is 11.8 Å². The number of benzene rings is 2. The molecule has 0 bridgehead atoms. The largest absolute Gasteiger partial charge is 0.494 e. The topological polar surface area (TPSA) is 137 Å². The first-order chi connectivity index (χ1) is 17.5. The summed E-state index contributed by atoms with van der Waals surface area (Å²) in [5, 5.41) is 9.09. The molecule has 2 aromatic rings. The van der Waals surface area contributed by atoms with Gasteiger partial charge in [-0.25, -0.2) is 5.43 Å². The lowest BCUT2D eigenvalue weighted by molar-refractivity contribution is -0.139. The molecule has 1 aliphatic rings. The van der Waals surface area contributed by atoms with Gasteiger partial charge in [0.15, 0.2) is 18.1 Å². The number of hydrogen-bond acceptors (Lipinski definition) is 8. The SMILES string of the molecule is CCOc1ccc(NC(=O)COc2c(/C=N\NC(=O)C(=O)NC[C@H]3CCCO3)cccc2OC)cc1. The van der Waals surface area contributed by atoms with Gasteiger partial charge in [0.2, 0.25) is 0 Å². The molecular formula is C25H30N4O7. The summed E-state index contributed by atoms with van der Waals surface area (Å²) in [6.07, 6.45) is 3.00. The lowest BCUT2D eigenvalue weighted by atomic mass is 10.2. The quantitative estimate of drug-likeness (QED) is 0.244. The summed E-state index contributed by atoms with van der Waals surface area (Å²) < 4.78 is 21.8. The smallest absolute Gasteiger partial charge is 0.329 e. The second kappa shape index (κ2) is 13.7. The third-order valence-corrected chi connectivity index (χ3v) is 5.12. The molecule has 0 spiro atoms. The van der Waals surface area contributed by atoms with Crippen LogP contribution in [0.25, 0.3) is 0 Å². The minimum atomic E-state index is -0.913. The number of hydrogen-bond donors (Lipinski definition) is 3. The molecule has 2 aromatic carbocycles. The van der Waals surface area contributed by atoms with Crippen molar-refractivity contribution in [1.82, 2.24) is 10.7 Å². The van der Waals surface area contributed by atoms with E-state index in [-0.39, 0.29) is 30.9 Å². The lowest BCUT2D eigenvalue weighted by Gasteiger charge is -2.13. The number of rotatable bonds is 11. The van der Waals surface area contributed by atoms with Gasteiger partial charge in [0, 0.05) is 24.4 Å². The molecule has 36 heavy (non-hydrogen) atoms. The first-order valence-corrected chi connectivity index (χ1v) is 11.6. The van der Waals surface area contributed by atoms with Crippen LogP contribution in [-0.4, -0.2) is 63.5 Å². The summed E-state index contributed by atoms with van der Waals surface area (Å²) >= 11 is 0. The Kier molecular flexibility index (Phi) is 10.1. The number of hydrazone groups is 1. The Hall–Kier alpha value is -4.12. The van der Waals surface area contributed by atoms with Crippen LogP contribution in [0.1, 0.15) is 25.3 Å². The molecule has 1 heterocycles. The van der Waals surface area contributed by atoms with Crippen molar-refractivity contribution in [3.05, 3.63) is 48.0 Å². The van der Waals surface area contributed by atoms with Crippen molar-refractivity contribution in [2.75, 3.05) is 38.8 Å². The number of nitrogens with one attached hydrogen (secondary N) is 3. The monoisotopic (exact) mass is 498 g/mol. The van der Waals surface area contributed by atoms with Gasteiger partial charge in [-0.1, -0.05) is 6.07 Å². The third kappa shape index (κ3) is 7.98. The van der Waals surface area contributed by atoms with Gasteiger partial charge in [-0.05, 0) is 56.2 Å². The number of para-hydroxylation sites is 1. The van der Waals surface area contributed by atoms with Crippen LogP contribution in [0, 0.1) is 0 Å². The number of anilines is 1. The predicted molar refractivity (Wildman–Crippen MR) is 132 cm³/mol. The molecule has 0 aliphatic carbocycles. The highest BCUT2D eigenvalue weighted by molar-refractivity contribution is 6.35. The van der Waals surface area contributed by atoms with E-state index >= 15 is 0 Å². The van der Waals surface area contributed by atoms with Gasteiger partial charge in [0.25, 0.3) is 5.91 Å². The van der Waals surface area contributed by atoms with E-state index in [4.69, 9.17) is 18.9 Å². The Morgan fingerprint density at radius 2 is 1.92 bits per heavy atom. The Labute approximate surface area is 209 Å².